The second kappa shape index (κ2) is 18.2. The van der Waals surface area contributed by atoms with E-state index in [1.165, 1.54) is 44.4 Å². The lowest BCUT2D eigenvalue weighted by molar-refractivity contribution is -0.372. The number of hydrogen-bond acceptors (Lipinski definition) is 21. The maximum atomic E-state index is 11.9. The third-order valence-corrected chi connectivity index (χ3v) is 9.96. The molecule has 0 bridgehead atoms. The largest absolute Gasteiger partial charge is 0.465 e. The van der Waals surface area contributed by atoms with Crippen LogP contribution in [0.2, 0.25) is 0 Å². The summed E-state index contributed by atoms with van der Waals surface area (Å²) in [5, 5.41) is 129. The number of esters is 1. The van der Waals surface area contributed by atoms with E-state index in [-0.39, 0.29) is 16.9 Å². The lowest BCUT2D eigenvalue weighted by Gasteiger charge is -2.48. The van der Waals surface area contributed by atoms with Crippen LogP contribution in [0.1, 0.15) is 17.3 Å². The predicted octanol–water partition coefficient (Wildman–Crippen LogP) is -6.69. The SMILES string of the molecule is COC(=O)c1cccc(OC2OC(CO)C(OC3OC(CO)C(OC4OC(C)C(NC5C=C(CO)C(O)C(O)C5O)C(O)C4O)C(O)C3O)C(O)C2O)c1. The van der Waals surface area contributed by atoms with E-state index in [1.807, 2.05) is 0 Å². The molecule has 19 unspecified atom stereocenters. The van der Waals surface area contributed by atoms with Crippen molar-refractivity contribution >= 4 is 5.97 Å². The summed E-state index contributed by atoms with van der Waals surface area (Å²) in [7, 11) is 1.19. The van der Waals surface area contributed by atoms with Gasteiger partial charge < -0.3 is 99.8 Å². The highest BCUT2D eigenvalue weighted by Gasteiger charge is 2.54. The molecule has 21 heteroatoms. The molecule has 3 saturated heterocycles. The molecular formula is C33H49NO20. The van der Waals surface area contributed by atoms with E-state index < -0.39 is 142 Å². The van der Waals surface area contributed by atoms with Gasteiger partial charge in [-0.3, -0.25) is 0 Å². The Bertz CT molecular complexity index is 1420. The molecular weight excluding hydrogens is 730 g/mol. The summed E-state index contributed by atoms with van der Waals surface area (Å²) < 4.78 is 38.8. The maximum Gasteiger partial charge on any atom is 0.337 e. The average Bonchev–Trinajstić information content (AvgIpc) is 3.17. The zero-order chi connectivity index (χ0) is 39.6. The number of ether oxygens (including phenoxy) is 7. The topological polar surface area (TPSA) is 336 Å². The summed E-state index contributed by atoms with van der Waals surface area (Å²) in [6.07, 6.45) is -26.8. The summed E-state index contributed by atoms with van der Waals surface area (Å²) in [6.45, 7) is -0.815. The molecule has 306 valence electrons. The van der Waals surface area contributed by atoms with Gasteiger partial charge in [-0.05, 0) is 30.7 Å². The highest BCUT2D eigenvalue weighted by Crippen LogP contribution is 2.33. The van der Waals surface area contributed by atoms with Crippen LogP contribution < -0.4 is 10.1 Å². The first kappa shape index (κ1) is 42.6. The van der Waals surface area contributed by atoms with E-state index >= 15 is 0 Å². The molecule has 0 spiro atoms. The zero-order valence-electron chi connectivity index (χ0n) is 29.1. The summed E-state index contributed by atoms with van der Waals surface area (Å²) in [5.74, 6) is -0.614. The van der Waals surface area contributed by atoms with Crippen molar-refractivity contribution in [3.63, 3.8) is 0 Å². The van der Waals surface area contributed by atoms with Gasteiger partial charge in [-0.15, -0.1) is 0 Å². The monoisotopic (exact) mass is 779 g/mol. The van der Waals surface area contributed by atoms with Crippen molar-refractivity contribution in [1.29, 1.82) is 0 Å². The Hall–Kier alpha value is -2.49. The Balaban J connectivity index is 1.22. The minimum atomic E-state index is -1.98. The van der Waals surface area contributed by atoms with Crippen LogP contribution in [0.3, 0.4) is 0 Å². The van der Waals surface area contributed by atoms with Gasteiger partial charge in [0.25, 0.3) is 0 Å². The van der Waals surface area contributed by atoms with Gasteiger partial charge in [-0.1, -0.05) is 12.1 Å². The number of nitrogens with one attached hydrogen (secondary N) is 1. The molecule has 5 rings (SSSR count). The van der Waals surface area contributed by atoms with Gasteiger partial charge >= 0.3 is 5.97 Å². The molecule has 0 aromatic heterocycles. The Morgan fingerprint density at radius 3 is 1.85 bits per heavy atom. The van der Waals surface area contributed by atoms with Gasteiger partial charge in [0, 0.05) is 0 Å². The number of carbonyl (C=O) groups excluding carboxylic acids is 1. The van der Waals surface area contributed by atoms with Crippen LogP contribution >= 0.6 is 0 Å². The van der Waals surface area contributed by atoms with Crippen LogP contribution in [0.25, 0.3) is 0 Å². The minimum Gasteiger partial charge on any atom is -0.465 e. The van der Waals surface area contributed by atoms with Crippen molar-refractivity contribution < 1.29 is 99.2 Å². The number of carbonyl (C=O) groups is 1. The van der Waals surface area contributed by atoms with Crippen LogP contribution in [0, 0.1) is 0 Å². The van der Waals surface area contributed by atoms with Crippen molar-refractivity contribution in [2.24, 2.45) is 0 Å². The molecule has 54 heavy (non-hydrogen) atoms. The number of aliphatic hydroxyl groups excluding tert-OH is 12. The van der Waals surface area contributed by atoms with E-state index in [1.54, 1.807) is 0 Å². The standard InChI is InChI=1S/C33H49NO20/c1-11-18(34-15-7-13(8-35)19(38)22(41)20(15)39)21(40)25(44)31(49-11)53-28-17(10-37)52-33(27(46)24(28)43)54-29-16(9-36)51-32(26(45)23(29)42)50-14-5-3-4-12(6-14)30(47)48-2/h3-7,11,15-29,31-46H,8-10H2,1-2H3. The number of aliphatic hydroxyl groups is 12. The van der Waals surface area contributed by atoms with Crippen molar-refractivity contribution in [2.45, 2.75) is 123 Å². The smallest absolute Gasteiger partial charge is 0.337 e. The number of benzene rings is 1. The van der Waals surface area contributed by atoms with Crippen molar-refractivity contribution in [3.8, 4) is 5.75 Å². The maximum absolute atomic E-state index is 11.9. The summed E-state index contributed by atoms with van der Waals surface area (Å²) in [4.78, 5) is 11.9. The fourth-order valence-electron chi connectivity index (χ4n) is 6.85. The number of methoxy groups -OCH3 is 1. The molecule has 0 amide bonds. The van der Waals surface area contributed by atoms with Crippen LogP contribution in [0.4, 0.5) is 0 Å². The minimum absolute atomic E-state index is 0.0136. The molecule has 1 aromatic carbocycles. The molecule has 0 saturated carbocycles. The van der Waals surface area contributed by atoms with Gasteiger partial charge in [-0.2, -0.15) is 0 Å². The van der Waals surface area contributed by atoms with Gasteiger partial charge in [0.2, 0.25) is 6.29 Å². The van der Waals surface area contributed by atoms with Gasteiger partial charge in [0.1, 0.15) is 85.1 Å². The molecule has 3 aliphatic heterocycles. The second-order valence-corrected chi connectivity index (χ2v) is 13.5. The summed E-state index contributed by atoms with van der Waals surface area (Å²) in [5.41, 5.74) is 0.134. The lowest BCUT2D eigenvalue weighted by atomic mass is 9.86. The van der Waals surface area contributed by atoms with Crippen molar-refractivity contribution in [2.75, 3.05) is 26.9 Å². The Morgan fingerprint density at radius 1 is 0.722 bits per heavy atom. The first-order chi connectivity index (χ1) is 25.6. The fourth-order valence-corrected chi connectivity index (χ4v) is 6.85. The molecule has 4 aliphatic rings. The molecule has 3 fully saturated rings. The van der Waals surface area contributed by atoms with Crippen molar-refractivity contribution in [1.82, 2.24) is 5.32 Å². The average molecular weight is 780 g/mol. The summed E-state index contributed by atoms with van der Waals surface area (Å²) in [6, 6.07) is 3.45. The Kier molecular flexibility index (Phi) is 14.4. The third-order valence-electron chi connectivity index (χ3n) is 9.96. The number of hydrogen-bond donors (Lipinski definition) is 13. The molecule has 3 heterocycles. The third kappa shape index (κ3) is 8.73. The quantitative estimate of drug-likeness (QED) is 0.0692. The van der Waals surface area contributed by atoms with Gasteiger partial charge in [-0.25, -0.2) is 4.79 Å². The van der Waals surface area contributed by atoms with Crippen LogP contribution in [0.5, 0.6) is 5.75 Å². The molecule has 13 N–H and O–H groups in total. The van der Waals surface area contributed by atoms with Crippen LogP contribution in [-0.2, 0) is 28.4 Å². The molecule has 1 aromatic rings. The normalized spacial score (nSPS) is 44.3. The van der Waals surface area contributed by atoms with Crippen LogP contribution in [-0.4, -0.2) is 211 Å². The highest BCUT2D eigenvalue weighted by molar-refractivity contribution is 5.89. The first-order valence-corrected chi connectivity index (χ1v) is 17.2. The van der Waals surface area contributed by atoms with E-state index in [0.29, 0.717) is 0 Å². The number of rotatable bonds is 12. The predicted molar refractivity (Wildman–Crippen MR) is 174 cm³/mol. The summed E-state index contributed by atoms with van der Waals surface area (Å²) >= 11 is 0. The lowest BCUT2D eigenvalue weighted by Crippen LogP contribution is -2.68. The molecule has 19 atom stereocenters. The van der Waals surface area contributed by atoms with E-state index in [2.05, 4.69) is 10.1 Å². The Morgan fingerprint density at radius 2 is 1.28 bits per heavy atom. The highest BCUT2D eigenvalue weighted by atomic mass is 16.8. The first-order valence-electron chi connectivity index (χ1n) is 17.2. The fraction of sp³-hybridized carbons (Fsp3) is 0.727. The van der Waals surface area contributed by atoms with E-state index in [0.717, 1.165) is 0 Å². The van der Waals surface area contributed by atoms with Crippen LogP contribution in [0.15, 0.2) is 35.9 Å². The zero-order valence-corrected chi connectivity index (χ0v) is 29.1. The van der Waals surface area contributed by atoms with Gasteiger partial charge in [0.05, 0.1) is 50.7 Å². The molecule has 21 nitrogen and oxygen atoms in total. The van der Waals surface area contributed by atoms with Crippen molar-refractivity contribution in [3.05, 3.63) is 41.5 Å². The molecule has 1 aliphatic carbocycles. The second-order valence-electron chi connectivity index (χ2n) is 13.5. The van der Waals surface area contributed by atoms with E-state index in [4.69, 9.17) is 28.4 Å². The molecule has 0 radical (unpaired) electrons. The van der Waals surface area contributed by atoms with E-state index in [9.17, 15) is 66.1 Å². The Labute approximate surface area is 308 Å². The van der Waals surface area contributed by atoms with Gasteiger partial charge in [0.15, 0.2) is 12.6 Å².